The Kier molecular flexibility index (Phi) is 6.43. The number of imide groups is 1. The topological polar surface area (TPSA) is 93.9 Å². The highest BCUT2D eigenvalue weighted by Gasteiger charge is 2.37. The smallest absolute Gasteiger partial charge is 0.266 e. The molecule has 1 saturated heterocycles. The molecule has 4 aromatic carbocycles. The Hall–Kier alpha value is -4.63. The van der Waals surface area contributed by atoms with E-state index in [2.05, 4.69) is 9.55 Å². The predicted molar refractivity (Wildman–Crippen MR) is 152 cm³/mol. The van der Waals surface area contributed by atoms with Gasteiger partial charge in [-0.1, -0.05) is 60.7 Å². The predicted octanol–water partition coefficient (Wildman–Crippen LogP) is 5.57. The largest absolute Gasteiger partial charge is 0.392 e. The van der Waals surface area contributed by atoms with Gasteiger partial charge in [0.1, 0.15) is 0 Å². The van der Waals surface area contributed by atoms with Gasteiger partial charge in [-0.15, -0.1) is 0 Å². The van der Waals surface area contributed by atoms with Gasteiger partial charge in [0.25, 0.3) is 11.8 Å². The first-order valence-corrected chi connectivity index (χ1v) is 13.6. The van der Waals surface area contributed by atoms with Crippen LogP contribution in [0, 0.1) is 0 Å². The van der Waals surface area contributed by atoms with E-state index in [0.29, 0.717) is 35.3 Å². The number of aromatic nitrogens is 2. The van der Waals surface area contributed by atoms with Crippen LogP contribution < -0.4 is 4.90 Å². The van der Waals surface area contributed by atoms with Gasteiger partial charge in [-0.05, 0) is 47.5 Å². The molecule has 3 atom stereocenters. The summed E-state index contributed by atoms with van der Waals surface area (Å²) in [5, 5.41) is 9.50. The van der Waals surface area contributed by atoms with Gasteiger partial charge in [0.2, 0.25) is 0 Å². The lowest BCUT2D eigenvalue weighted by Crippen LogP contribution is -2.33. The van der Waals surface area contributed by atoms with E-state index in [-0.39, 0.29) is 30.6 Å². The number of nitrogens with zero attached hydrogens (tertiary/aromatic N) is 3. The van der Waals surface area contributed by atoms with E-state index in [1.807, 2.05) is 60.9 Å². The minimum atomic E-state index is -0.735. The fourth-order valence-electron chi connectivity index (χ4n) is 5.64. The summed E-state index contributed by atoms with van der Waals surface area (Å²) >= 11 is 0. The van der Waals surface area contributed by atoms with E-state index in [1.165, 1.54) is 4.90 Å². The van der Waals surface area contributed by atoms with Gasteiger partial charge in [0.05, 0.1) is 59.5 Å². The second kappa shape index (κ2) is 10.4. The fraction of sp³-hybridized carbons (Fsp3) is 0.182. The molecule has 0 aliphatic carbocycles. The third-order valence-electron chi connectivity index (χ3n) is 7.74. The number of hydrogen-bond donors (Lipinski definition) is 1. The number of imidazole rings is 1. The van der Waals surface area contributed by atoms with Crippen molar-refractivity contribution in [3.8, 4) is 0 Å². The third kappa shape index (κ3) is 4.62. The zero-order chi connectivity index (χ0) is 27.9. The van der Waals surface area contributed by atoms with Crippen LogP contribution in [-0.4, -0.2) is 32.6 Å². The molecule has 0 bridgehead atoms. The Morgan fingerprint density at radius 3 is 2.29 bits per heavy atom. The molecular formula is C33H27N3O5. The molecule has 2 aliphatic rings. The number of amides is 2. The van der Waals surface area contributed by atoms with Crippen molar-refractivity contribution in [2.75, 3.05) is 4.90 Å². The first-order chi connectivity index (χ1) is 20.1. The van der Waals surface area contributed by atoms with E-state index in [1.54, 1.807) is 42.5 Å². The van der Waals surface area contributed by atoms with Crippen molar-refractivity contribution < 1.29 is 24.2 Å². The summed E-state index contributed by atoms with van der Waals surface area (Å²) in [6.07, 6.45) is 1.22. The Morgan fingerprint density at radius 2 is 1.54 bits per heavy atom. The lowest BCUT2D eigenvalue weighted by Gasteiger charge is -2.36. The SMILES string of the molecule is O=C1c2ccccc2C(=O)N1c1cccc([C@@H]2O[C@H](Cn3cnc4ccccc43)C[C@H](c3ccc(CO)cc3)O2)c1. The summed E-state index contributed by atoms with van der Waals surface area (Å²) in [7, 11) is 0. The minimum absolute atomic E-state index is 0.0293. The Labute approximate surface area is 236 Å². The van der Waals surface area contributed by atoms with E-state index in [9.17, 15) is 14.7 Å². The molecule has 1 N–H and O–H groups in total. The molecule has 2 aliphatic heterocycles. The van der Waals surface area contributed by atoms with Crippen LogP contribution in [0.25, 0.3) is 11.0 Å². The molecule has 3 heterocycles. The maximum absolute atomic E-state index is 13.1. The highest BCUT2D eigenvalue weighted by Crippen LogP contribution is 2.40. The first kappa shape index (κ1) is 25.3. The van der Waals surface area contributed by atoms with Gasteiger partial charge in [-0.3, -0.25) is 9.59 Å². The summed E-state index contributed by atoms with van der Waals surface area (Å²) in [5.41, 5.74) is 5.71. The number of ether oxygens (including phenoxy) is 2. The average Bonchev–Trinajstić information content (AvgIpc) is 3.54. The van der Waals surface area contributed by atoms with Crippen molar-refractivity contribution in [1.82, 2.24) is 9.55 Å². The number of aliphatic hydroxyl groups excluding tert-OH is 1. The molecule has 0 saturated carbocycles. The lowest BCUT2D eigenvalue weighted by molar-refractivity contribution is -0.252. The van der Waals surface area contributed by atoms with Crippen LogP contribution in [0.3, 0.4) is 0 Å². The molecule has 8 nitrogen and oxygen atoms in total. The van der Waals surface area contributed by atoms with Crippen LogP contribution in [-0.2, 0) is 22.6 Å². The highest BCUT2D eigenvalue weighted by molar-refractivity contribution is 6.34. The monoisotopic (exact) mass is 545 g/mol. The van der Waals surface area contributed by atoms with Crippen LogP contribution in [0.15, 0.2) is 103 Å². The van der Waals surface area contributed by atoms with E-state index in [4.69, 9.17) is 9.47 Å². The molecular weight excluding hydrogens is 518 g/mol. The maximum atomic E-state index is 13.1. The van der Waals surface area contributed by atoms with Gasteiger partial charge < -0.3 is 19.1 Å². The van der Waals surface area contributed by atoms with Crippen molar-refractivity contribution in [3.63, 3.8) is 0 Å². The van der Waals surface area contributed by atoms with Crippen LogP contribution >= 0.6 is 0 Å². The number of carbonyl (C=O) groups excluding carboxylic acids is 2. The number of fused-ring (bicyclic) bond motifs is 2. The molecule has 204 valence electrons. The Morgan fingerprint density at radius 1 is 0.805 bits per heavy atom. The second-order valence-corrected chi connectivity index (χ2v) is 10.3. The molecule has 0 radical (unpaired) electrons. The van der Waals surface area contributed by atoms with Crippen LogP contribution in [0.1, 0.15) is 56.2 Å². The van der Waals surface area contributed by atoms with Crippen LogP contribution in [0.4, 0.5) is 5.69 Å². The number of benzene rings is 4. The highest BCUT2D eigenvalue weighted by atomic mass is 16.7. The molecule has 5 aromatic rings. The summed E-state index contributed by atoms with van der Waals surface area (Å²) in [5.74, 6) is -0.695. The Balaban J connectivity index is 1.21. The zero-order valence-corrected chi connectivity index (χ0v) is 22.1. The second-order valence-electron chi connectivity index (χ2n) is 10.3. The average molecular weight is 546 g/mol. The molecule has 8 heteroatoms. The number of carbonyl (C=O) groups is 2. The number of anilines is 1. The fourth-order valence-corrected chi connectivity index (χ4v) is 5.64. The number of aliphatic hydroxyl groups is 1. The quantitative estimate of drug-likeness (QED) is 0.280. The maximum Gasteiger partial charge on any atom is 0.266 e. The van der Waals surface area contributed by atoms with Crippen molar-refractivity contribution in [3.05, 3.63) is 131 Å². The van der Waals surface area contributed by atoms with Crippen molar-refractivity contribution in [1.29, 1.82) is 0 Å². The van der Waals surface area contributed by atoms with Crippen LogP contribution in [0.2, 0.25) is 0 Å². The molecule has 41 heavy (non-hydrogen) atoms. The summed E-state index contributed by atoms with van der Waals surface area (Å²) in [6, 6.07) is 29.8. The lowest BCUT2D eigenvalue weighted by atomic mass is 10.00. The standard InChI is InChI=1S/C33H27N3O5/c37-19-21-12-14-22(15-13-21)30-17-25(18-35-20-34-28-10-3-4-11-29(28)35)40-33(41-30)23-6-5-7-24(16-23)36-31(38)26-8-1-2-9-27(26)32(36)39/h1-16,20,25,30,33,37H,17-19H2/t25-,30+,33+/m0/s1. The summed E-state index contributed by atoms with van der Waals surface area (Å²) in [4.78, 5) is 32.0. The normalized spacial score (nSPS) is 20.5. The van der Waals surface area contributed by atoms with Crippen molar-refractivity contribution in [2.24, 2.45) is 0 Å². The number of rotatable bonds is 6. The molecule has 7 rings (SSSR count). The van der Waals surface area contributed by atoms with Crippen molar-refractivity contribution in [2.45, 2.75) is 38.1 Å². The van der Waals surface area contributed by atoms with E-state index < -0.39 is 6.29 Å². The first-order valence-electron chi connectivity index (χ1n) is 13.6. The van der Waals surface area contributed by atoms with E-state index >= 15 is 0 Å². The number of hydrogen-bond acceptors (Lipinski definition) is 6. The third-order valence-corrected chi connectivity index (χ3v) is 7.74. The number of para-hydroxylation sites is 2. The van der Waals surface area contributed by atoms with Crippen molar-refractivity contribution >= 4 is 28.5 Å². The van der Waals surface area contributed by atoms with Gasteiger partial charge >= 0.3 is 0 Å². The van der Waals surface area contributed by atoms with Gasteiger partial charge in [-0.25, -0.2) is 9.88 Å². The molecule has 1 aromatic heterocycles. The van der Waals surface area contributed by atoms with Gasteiger partial charge in [0, 0.05) is 12.0 Å². The Bertz CT molecular complexity index is 1730. The summed E-state index contributed by atoms with van der Waals surface area (Å²) < 4.78 is 15.1. The molecule has 0 spiro atoms. The van der Waals surface area contributed by atoms with Gasteiger partial charge in [-0.2, -0.15) is 0 Å². The molecule has 0 unspecified atom stereocenters. The minimum Gasteiger partial charge on any atom is -0.392 e. The zero-order valence-electron chi connectivity index (χ0n) is 22.1. The van der Waals surface area contributed by atoms with E-state index in [0.717, 1.165) is 22.2 Å². The van der Waals surface area contributed by atoms with Gasteiger partial charge in [0.15, 0.2) is 6.29 Å². The molecule has 1 fully saturated rings. The summed E-state index contributed by atoms with van der Waals surface area (Å²) in [6.45, 7) is 0.544. The molecule has 2 amide bonds. The van der Waals surface area contributed by atoms with Crippen LogP contribution in [0.5, 0.6) is 0 Å².